The average molecular weight is 478 g/mol. The molecule has 6 atom stereocenters. The minimum Gasteiger partial charge on any atom is -0.497 e. The van der Waals surface area contributed by atoms with E-state index in [1.165, 1.54) is 13.0 Å². The molecule has 0 spiro atoms. The van der Waals surface area contributed by atoms with E-state index in [0.29, 0.717) is 16.9 Å². The van der Waals surface area contributed by atoms with Crippen LogP contribution < -0.4 is 4.74 Å². The summed E-state index contributed by atoms with van der Waals surface area (Å²) in [7, 11) is 1.55. The van der Waals surface area contributed by atoms with Crippen LogP contribution in [0.2, 0.25) is 0 Å². The molecule has 2 aromatic rings. The van der Waals surface area contributed by atoms with Crippen molar-refractivity contribution in [1.82, 2.24) is 0 Å². The van der Waals surface area contributed by atoms with E-state index in [4.69, 9.17) is 19.3 Å². The highest BCUT2D eigenvalue weighted by Crippen LogP contribution is 2.40. The molecule has 34 heavy (non-hydrogen) atoms. The molecular weight excluding hydrogens is 448 g/mol. The van der Waals surface area contributed by atoms with Gasteiger partial charge in [-0.25, -0.2) is 4.79 Å². The second-order valence-corrected chi connectivity index (χ2v) is 8.28. The molecule has 0 bridgehead atoms. The highest BCUT2D eigenvalue weighted by atomic mass is 16.7. The van der Waals surface area contributed by atoms with Gasteiger partial charge in [-0.05, 0) is 48.2 Å². The van der Waals surface area contributed by atoms with Gasteiger partial charge in [0.05, 0.1) is 13.2 Å². The minimum atomic E-state index is -2.50. The van der Waals surface area contributed by atoms with Crippen molar-refractivity contribution in [2.24, 2.45) is 0 Å². The number of carbonyl (C=O) groups is 1. The molecular formula is C24H30O10. The Balaban J connectivity index is 2.05. The summed E-state index contributed by atoms with van der Waals surface area (Å²) in [6, 6.07) is 11.9. The third-order valence-corrected chi connectivity index (χ3v) is 5.84. The maximum atomic E-state index is 11.5. The molecule has 0 radical (unpaired) electrons. The number of benzene rings is 2. The predicted octanol–water partition coefficient (Wildman–Crippen LogP) is -0.671. The van der Waals surface area contributed by atoms with Gasteiger partial charge in [0, 0.05) is 5.56 Å². The Morgan fingerprint density at radius 3 is 2.32 bits per heavy atom. The highest BCUT2D eigenvalue weighted by molar-refractivity contribution is 5.70. The molecule has 0 aliphatic carbocycles. The summed E-state index contributed by atoms with van der Waals surface area (Å²) in [5.74, 6) is -2.69. The van der Waals surface area contributed by atoms with Crippen LogP contribution in [0.5, 0.6) is 5.75 Å². The number of esters is 1. The van der Waals surface area contributed by atoms with Crippen molar-refractivity contribution in [3.05, 3.63) is 64.7 Å². The van der Waals surface area contributed by atoms with E-state index in [1.54, 1.807) is 31.4 Å². The Bertz CT molecular complexity index is 976. The molecule has 0 saturated carbocycles. The largest absolute Gasteiger partial charge is 0.497 e. The Kier molecular flexibility index (Phi) is 8.26. The number of ether oxygens (including phenoxy) is 3. The molecule has 0 aromatic heterocycles. The lowest BCUT2D eigenvalue weighted by molar-refractivity contribution is -0.364. The quantitative estimate of drug-likeness (QED) is 0.268. The van der Waals surface area contributed by atoms with Crippen LogP contribution in [0.3, 0.4) is 0 Å². The number of rotatable bonds is 8. The molecule has 3 rings (SSSR count). The van der Waals surface area contributed by atoms with Crippen molar-refractivity contribution in [3.8, 4) is 5.75 Å². The topological polar surface area (TPSA) is 166 Å². The fourth-order valence-electron chi connectivity index (χ4n) is 3.94. The van der Waals surface area contributed by atoms with Gasteiger partial charge in [-0.2, -0.15) is 0 Å². The van der Waals surface area contributed by atoms with Crippen molar-refractivity contribution < 1.29 is 49.6 Å². The third kappa shape index (κ3) is 5.39. The van der Waals surface area contributed by atoms with Gasteiger partial charge in [-0.15, -0.1) is 0 Å². The summed E-state index contributed by atoms with van der Waals surface area (Å²) in [6.45, 7) is 0.294. The first-order chi connectivity index (χ1) is 16.1. The molecule has 1 heterocycles. The zero-order chi connectivity index (χ0) is 25.0. The molecule has 186 valence electrons. The Labute approximate surface area is 196 Å². The Hall–Kier alpha value is -2.57. The highest BCUT2D eigenvalue weighted by Gasteiger charge is 2.55. The van der Waals surface area contributed by atoms with Crippen molar-refractivity contribution in [2.75, 3.05) is 13.7 Å². The zero-order valence-corrected chi connectivity index (χ0v) is 18.9. The first kappa shape index (κ1) is 26.0. The van der Waals surface area contributed by atoms with E-state index in [9.17, 15) is 30.3 Å². The molecule has 10 heteroatoms. The van der Waals surface area contributed by atoms with Crippen molar-refractivity contribution >= 4 is 5.97 Å². The van der Waals surface area contributed by atoms with Crippen LogP contribution in [-0.4, -0.2) is 80.8 Å². The van der Waals surface area contributed by atoms with Crippen LogP contribution in [0.25, 0.3) is 0 Å². The van der Waals surface area contributed by atoms with Crippen LogP contribution in [0.15, 0.2) is 42.5 Å². The van der Waals surface area contributed by atoms with Gasteiger partial charge in [0.1, 0.15) is 43.4 Å². The SMILES string of the molecule is COc1ccc(Cc2ccc(COC(=O)CO)cc2[C@@]2(O)O[C@H]([C@H](C)O)[C@@H](O)[C@H](O)[C@H]2O)cc1. The molecule has 0 amide bonds. The minimum absolute atomic E-state index is 0.0602. The summed E-state index contributed by atoms with van der Waals surface area (Å²) in [4.78, 5) is 11.4. The van der Waals surface area contributed by atoms with Crippen LogP contribution in [0.4, 0.5) is 0 Å². The van der Waals surface area contributed by atoms with E-state index in [2.05, 4.69) is 0 Å². The van der Waals surface area contributed by atoms with Crippen molar-refractivity contribution in [1.29, 1.82) is 0 Å². The number of aliphatic hydroxyl groups is 6. The lowest BCUT2D eigenvalue weighted by Gasteiger charge is -2.47. The van der Waals surface area contributed by atoms with Gasteiger partial charge in [0.2, 0.25) is 5.79 Å². The Morgan fingerprint density at radius 1 is 1.09 bits per heavy atom. The summed E-state index contributed by atoms with van der Waals surface area (Å²) >= 11 is 0. The maximum absolute atomic E-state index is 11.5. The van der Waals surface area contributed by atoms with Crippen LogP contribution in [0, 0.1) is 0 Å². The average Bonchev–Trinajstić information content (AvgIpc) is 2.84. The van der Waals surface area contributed by atoms with Crippen LogP contribution in [-0.2, 0) is 33.1 Å². The van der Waals surface area contributed by atoms with Gasteiger partial charge in [0.25, 0.3) is 0 Å². The van der Waals surface area contributed by atoms with E-state index in [1.807, 2.05) is 12.1 Å². The predicted molar refractivity (Wildman–Crippen MR) is 118 cm³/mol. The van der Waals surface area contributed by atoms with E-state index < -0.39 is 48.9 Å². The van der Waals surface area contributed by atoms with Crippen molar-refractivity contribution in [3.63, 3.8) is 0 Å². The first-order valence-corrected chi connectivity index (χ1v) is 10.7. The number of methoxy groups -OCH3 is 1. The maximum Gasteiger partial charge on any atom is 0.332 e. The smallest absolute Gasteiger partial charge is 0.332 e. The number of hydrogen-bond acceptors (Lipinski definition) is 10. The number of hydrogen-bond donors (Lipinski definition) is 6. The molecule has 1 aliphatic rings. The third-order valence-electron chi connectivity index (χ3n) is 5.84. The lowest BCUT2D eigenvalue weighted by Crippen LogP contribution is -2.65. The van der Waals surface area contributed by atoms with Gasteiger partial charge in [-0.1, -0.05) is 24.3 Å². The number of carbonyl (C=O) groups excluding carboxylic acids is 1. The number of aliphatic hydroxyl groups excluding tert-OH is 5. The normalized spacial score (nSPS) is 27.8. The van der Waals surface area contributed by atoms with E-state index in [0.717, 1.165) is 5.56 Å². The zero-order valence-electron chi connectivity index (χ0n) is 18.9. The molecule has 1 aliphatic heterocycles. The van der Waals surface area contributed by atoms with Crippen molar-refractivity contribution in [2.45, 2.75) is 56.3 Å². The van der Waals surface area contributed by atoms with Gasteiger partial charge in [0.15, 0.2) is 0 Å². The summed E-state index contributed by atoms with van der Waals surface area (Å²) in [6.07, 6.45) is -7.80. The summed E-state index contributed by atoms with van der Waals surface area (Å²) < 4.78 is 15.7. The molecule has 10 nitrogen and oxygen atoms in total. The van der Waals surface area contributed by atoms with Crippen LogP contribution in [0.1, 0.15) is 29.2 Å². The van der Waals surface area contributed by atoms with Gasteiger partial charge < -0.3 is 44.8 Å². The molecule has 2 aromatic carbocycles. The second-order valence-electron chi connectivity index (χ2n) is 8.28. The lowest BCUT2D eigenvalue weighted by atomic mass is 9.83. The molecule has 1 saturated heterocycles. The fraction of sp³-hybridized carbons (Fsp3) is 0.458. The summed E-state index contributed by atoms with van der Waals surface area (Å²) in [5, 5.41) is 61.8. The fourth-order valence-corrected chi connectivity index (χ4v) is 3.94. The summed E-state index contributed by atoms with van der Waals surface area (Å²) in [5.41, 5.74) is 1.82. The monoisotopic (exact) mass is 478 g/mol. The molecule has 1 fully saturated rings. The standard InChI is InChI=1S/C24H30O10/c1-13(26)22-20(28)21(29)23(30)24(31,34-22)18-10-15(12-33-19(27)11-25)3-6-16(18)9-14-4-7-17(32-2)8-5-14/h3-8,10,13,20-23,25-26,28-31H,9,11-12H2,1-2H3/t13-,20-,21-,22+,23+,24+/m0/s1. The van der Waals surface area contributed by atoms with E-state index >= 15 is 0 Å². The van der Waals surface area contributed by atoms with E-state index in [-0.39, 0.29) is 18.6 Å². The van der Waals surface area contributed by atoms with Gasteiger partial charge in [-0.3, -0.25) is 0 Å². The Morgan fingerprint density at radius 2 is 1.74 bits per heavy atom. The molecule has 6 N–H and O–H groups in total. The van der Waals surface area contributed by atoms with Crippen LogP contribution >= 0.6 is 0 Å². The van der Waals surface area contributed by atoms with Gasteiger partial charge >= 0.3 is 5.97 Å². The first-order valence-electron chi connectivity index (χ1n) is 10.7. The second kappa shape index (κ2) is 10.8. The molecule has 0 unspecified atom stereocenters.